The predicted octanol–water partition coefficient (Wildman–Crippen LogP) is 3.29. The van der Waals surface area contributed by atoms with E-state index in [9.17, 15) is 9.59 Å². The van der Waals surface area contributed by atoms with Crippen LogP contribution in [-0.4, -0.2) is 18.2 Å². The van der Waals surface area contributed by atoms with E-state index in [4.69, 9.17) is 4.74 Å². The normalized spacial score (nSPS) is 11.9. The Morgan fingerprint density at radius 3 is 2.14 bits per heavy atom. The molecular formula is C18H18O3. The van der Waals surface area contributed by atoms with Crippen LogP contribution < -0.4 is 0 Å². The van der Waals surface area contributed by atoms with Gasteiger partial charge < -0.3 is 4.74 Å². The lowest BCUT2D eigenvalue weighted by molar-refractivity contribution is -0.126. The summed E-state index contributed by atoms with van der Waals surface area (Å²) < 4.78 is 5.39. The van der Waals surface area contributed by atoms with Crippen LogP contribution in [0.1, 0.15) is 22.8 Å². The summed E-state index contributed by atoms with van der Waals surface area (Å²) in [6.45, 7) is 1.96. The number of hydrogen-bond donors (Lipinski definition) is 0. The molecule has 0 N–H and O–H groups in total. The minimum Gasteiger partial charge on any atom is -0.369 e. The second kappa shape index (κ2) is 7.50. The maximum absolute atomic E-state index is 12.1. The van der Waals surface area contributed by atoms with Crippen molar-refractivity contribution < 1.29 is 14.3 Å². The smallest absolute Gasteiger partial charge is 0.173 e. The highest BCUT2D eigenvalue weighted by atomic mass is 16.5. The molecule has 1 atom stereocenters. The summed E-state index contributed by atoms with van der Waals surface area (Å²) in [5, 5.41) is 0. The number of ketones is 2. The van der Waals surface area contributed by atoms with Crippen molar-refractivity contribution in [2.24, 2.45) is 5.92 Å². The van der Waals surface area contributed by atoms with Gasteiger partial charge >= 0.3 is 0 Å². The van der Waals surface area contributed by atoms with E-state index in [1.54, 1.807) is 31.2 Å². The van der Waals surface area contributed by atoms with Crippen molar-refractivity contribution in [2.75, 3.05) is 6.61 Å². The van der Waals surface area contributed by atoms with E-state index >= 15 is 0 Å². The quantitative estimate of drug-likeness (QED) is 0.578. The molecule has 0 saturated carbocycles. The number of rotatable bonds is 7. The fourth-order valence-corrected chi connectivity index (χ4v) is 1.97. The molecule has 2 rings (SSSR count). The van der Waals surface area contributed by atoms with Gasteiger partial charge in [-0.3, -0.25) is 9.59 Å². The van der Waals surface area contributed by atoms with E-state index < -0.39 is 5.92 Å². The fourth-order valence-electron chi connectivity index (χ4n) is 1.97. The van der Waals surface area contributed by atoms with Crippen molar-refractivity contribution in [1.82, 2.24) is 0 Å². The molecule has 0 spiro atoms. The molecule has 3 heteroatoms. The molecule has 0 heterocycles. The summed E-state index contributed by atoms with van der Waals surface area (Å²) in [4.78, 5) is 24.1. The standard InChI is InChI=1S/C18H18O3/c1-14(18(20)16-10-6-3-7-11-16)17(19)13-21-12-15-8-4-2-5-9-15/h2-11,14H,12-13H2,1H3. The summed E-state index contributed by atoms with van der Waals surface area (Å²) in [6, 6.07) is 18.5. The first-order valence-electron chi connectivity index (χ1n) is 6.92. The Hall–Kier alpha value is -2.26. The van der Waals surface area contributed by atoms with Gasteiger partial charge in [-0.15, -0.1) is 0 Å². The Balaban J connectivity index is 1.84. The lowest BCUT2D eigenvalue weighted by atomic mass is 9.96. The molecule has 0 saturated heterocycles. The Morgan fingerprint density at radius 1 is 0.952 bits per heavy atom. The van der Waals surface area contributed by atoms with Gasteiger partial charge in [0.15, 0.2) is 11.6 Å². The maximum atomic E-state index is 12.1. The van der Waals surface area contributed by atoms with Gasteiger partial charge in [-0.25, -0.2) is 0 Å². The third-order valence-electron chi connectivity index (χ3n) is 3.29. The lowest BCUT2D eigenvalue weighted by Gasteiger charge is -2.10. The van der Waals surface area contributed by atoms with Crippen molar-refractivity contribution in [3.05, 3.63) is 71.8 Å². The first-order valence-corrected chi connectivity index (χ1v) is 6.92. The molecule has 0 bridgehead atoms. The van der Waals surface area contributed by atoms with Crippen LogP contribution in [0.25, 0.3) is 0 Å². The molecule has 0 aliphatic carbocycles. The zero-order valence-corrected chi connectivity index (χ0v) is 12.0. The van der Waals surface area contributed by atoms with E-state index in [0.717, 1.165) is 5.56 Å². The van der Waals surface area contributed by atoms with Gasteiger partial charge in [-0.05, 0) is 12.5 Å². The minimum absolute atomic E-state index is 0.0470. The molecule has 21 heavy (non-hydrogen) atoms. The average Bonchev–Trinajstić information content (AvgIpc) is 2.55. The zero-order valence-electron chi connectivity index (χ0n) is 12.0. The number of carbonyl (C=O) groups excluding carboxylic acids is 2. The predicted molar refractivity (Wildman–Crippen MR) is 81.0 cm³/mol. The van der Waals surface area contributed by atoms with Gasteiger partial charge in [0.2, 0.25) is 0 Å². The van der Waals surface area contributed by atoms with Gasteiger partial charge in [0.1, 0.15) is 6.61 Å². The first-order chi connectivity index (χ1) is 10.2. The number of benzene rings is 2. The van der Waals surface area contributed by atoms with Gasteiger partial charge in [0.05, 0.1) is 12.5 Å². The molecule has 0 fully saturated rings. The Kier molecular flexibility index (Phi) is 5.41. The molecule has 1 unspecified atom stereocenters. The minimum atomic E-state index is -0.678. The first kappa shape index (κ1) is 15.1. The molecule has 3 nitrogen and oxygen atoms in total. The average molecular weight is 282 g/mol. The molecule has 0 amide bonds. The summed E-state index contributed by atoms with van der Waals surface area (Å²) in [5.41, 5.74) is 1.56. The number of Topliss-reactive ketones (excluding diaryl/α,β-unsaturated/α-hetero) is 2. The van der Waals surface area contributed by atoms with Crippen LogP contribution in [-0.2, 0) is 16.1 Å². The highest BCUT2D eigenvalue weighted by Gasteiger charge is 2.22. The van der Waals surface area contributed by atoms with Crippen molar-refractivity contribution in [1.29, 1.82) is 0 Å². The van der Waals surface area contributed by atoms with Crippen molar-refractivity contribution in [3.8, 4) is 0 Å². The third-order valence-corrected chi connectivity index (χ3v) is 3.29. The second-order valence-electron chi connectivity index (χ2n) is 4.90. The van der Waals surface area contributed by atoms with Crippen LogP contribution in [0.4, 0.5) is 0 Å². The van der Waals surface area contributed by atoms with Crippen molar-refractivity contribution in [3.63, 3.8) is 0 Å². The van der Waals surface area contributed by atoms with Gasteiger partial charge in [0, 0.05) is 5.56 Å². The van der Waals surface area contributed by atoms with E-state index in [1.807, 2.05) is 36.4 Å². The highest BCUT2D eigenvalue weighted by Crippen LogP contribution is 2.10. The third kappa shape index (κ3) is 4.36. The summed E-state index contributed by atoms with van der Waals surface area (Å²) in [7, 11) is 0. The largest absolute Gasteiger partial charge is 0.369 e. The van der Waals surface area contributed by atoms with E-state index in [-0.39, 0.29) is 18.2 Å². The van der Waals surface area contributed by atoms with Crippen LogP contribution in [0.3, 0.4) is 0 Å². The fraction of sp³-hybridized carbons (Fsp3) is 0.222. The van der Waals surface area contributed by atoms with Crippen LogP contribution in [0.5, 0.6) is 0 Å². The van der Waals surface area contributed by atoms with Crippen LogP contribution in [0, 0.1) is 5.92 Å². The van der Waals surface area contributed by atoms with Gasteiger partial charge in [-0.1, -0.05) is 60.7 Å². The number of carbonyl (C=O) groups is 2. The molecule has 108 valence electrons. The van der Waals surface area contributed by atoms with Crippen molar-refractivity contribution >= 4 is 11.6 Å². The zero-order chi connectivity index (χ0) is 15.1. The van der Waals surface area contributed by atoms with E-state index in [1.165, 1.54) is 0 Å². The summed E-state index contributed by atoms with van der Waals surface area (Å²) >= 11 is 0. The van der Waals surface area contributed by atoms with Gasteiger partial charge in [0.25, 0.3) is 0 Å². The maximum Gasteiger partial charge on any atom is 0.173 e. The Morgan fingerprint density at radius 2 is 1.52 bits per heavy atom. The molecular weight excluding hydrogens is 264 g/mol. The molecule has 0 aliphatic rings. The molecule has 2 aromatic carbocycles. The molecule has 0 aliphatic heterocycles. The number of hydrogen-bond acceptors (Lipinski definition) is 3. The second-order valence-corrected chi connectivity index (χ2v) is 4.90. The SMILES string of the molecule is CC(C(=O)COCc1ccccc1)C(=O)c1ccccc1. The van der Waals surface area contributed by atoms with Crippen molar-refractivity contribution in [2.45, 2.75) is 13.5 Å². The van der Waals surface area contributed by atoms with Gasteiger partial charge in [-0.2, -0.15) is 0 Å². The molecule has 2 aromatic rings. The molecule has 0 aromatic heterocycles. The molecule has 0 radical (unpaired) electrons. The topological polar surface area (TPSA) is 43.4 Å². The van der Waals surface area contributed by atoms with E-state index in [0.29, 0.717) is 12.2 Å². The Labute approximate surface area is 124 Å². The summed E-state index contributed by atoms with van der Waals surface area (Å²) in [6.07, 6.45) is 0. The summed E-state index contributed by atoms with van der Waals surface area (Å²) in [5.74, 6) is -1.04. The lowest BCUT2D eigenvalue weighted by Crippen LogP contribution is -2.25. The number of ether oxygens (including phenoxy) is 1. The van der Waals surface area contributed by atoms with Crippen LogP contribution >= 0.6 is 0 Å². The Bertz CT molecular complexity index is 590. The highest BCUT2D eigenvalue weighted by molar-refractivity contribution is 6.10. The monoisotopic (exact) mass is 282 g/mol. The van der Waals surface area contributed by atoms with E-state index in [2.05, 4.69) is 0 Å². The van der Waals surface area contributed by atoms with Crippen LogP contribution in [0.2, 0.25) is 0 Å². The van der Waals surface area contributed by atoms with Crippen LogP contribution in [0.15, 0.2) is 60.7 Å².